The molecule has 9 heteroatoms. The van der Waals surface area contributed by atoms with Crippen molar-refractivity contribution >= 4 is 15.5 Å². The van der Waals surface area contributed by atoms with Crippen LogP contribution in [0.5, 0.6) is 0 Å². The van der Waals surface area contributed by atoms with Gasteiger partial charge in [-0.1, -0.05) is 0 Å². The van der Waals surface area contributed by atoms with Crippen LogP contribution in [0.1, 0.15) is 5.56 Å². The van der Waals surface area contributed by atoms with E-state index in [1.54, 1.807) is 0 Å². The number of anilines is 1. The van der Waals surface area contributed by atoms with Crippen LogP contribution in [0.4, 0.5) is 23.2 Å². The number of rotatable bonds is 2. The highest BCUT2D eigenvalue weighted by atomic mass is 32.2. The largest absolute Gasteiger partial charge is 0.416 e. The number of nitrogens with two attached hydrogens (primary N) is 1. The molecule has 0 saturated heterocycles. The molecule has 0 atom stereocenters. The number of aromatic nitrogens is 1. The summed E-state index contributed by atoms with van der Waals surface area (Å²) in [5.74, 6) is -1.49. The van der Waals surface area contributed by atoms with Crippen LogP contribution >= 0.6 is 0 Å². The zero-order valence-corrected chi connectivity index (χ0v) is 11.0. The number of benzene rings is 1. The number of alkyl halides is 3. The second-order valence-electron chi connectivity index (χ2n) is 4.10. The molecular weight excluding hydrogens is 312 g/mol. The molecule has 21 heavy (non-hydrogen) atoms. The van der Waals surface area contributed by atoms with Crippen molar-refractivity contribution in [3.8, 4) is 0 Å². The lowest BCUT2D eigenvalue weighted by Gasteiger charge is -2.10. The van der Waals surface area contributed by atoms with Gasteiger partial charge >= 0.3 is 6.18 Å². The van der Waals surface area contributed by atoms with Gasteiger partial charge in [-0.15, -0.1) is 0 Å². The number of halogens is 4. The Morgan fingerprint density at radius 3 is 2.29 bits per heavy atom. The molecule has 2 rings (SSSR count). The third kappa shape index (κ3) is 2.97. The van der Waals surface area contributed by atoms with Gasteiger partial charge < -0.3 is 5.73 Å². The minimum atomic E-state index is -4.76. The van der Waals surface area contributed by atoms with E-state index < -0.39 is 37.2 Å². The van der Waals surface area contributed by atoms with Gasteiger partial charge in [0.25, 0.3) is 0 Å². The third-order valence-corrected chi connectivity index (χ3v) is 4.35. The highest BCUT2D eigenvalue weighted by molar-refractivity contribution is 7.91. The molecule has 0 bridgehead atoms. The Morgan fingerprint density at radius 1 is 1.10 bits per heavy atom. The second kappa shape index (κ2) is 4.99. The van der Waals surface area contributed by atoms with Crippen molar-refractivity contribution in [2.75, 3.05) is 5.73 Å². The third-order valence-electron chi connectivity index (χ3n) is 2.59. The van der Waals surface area contributed by atoms with Crippen molar-refractivity contribution in [2.24, 2.45) is 0 Å². The van der Waals surface area contributed by atoms with Crippen molar-refractivity contribution < 1.29 is 26.0 Å². The quantitative estimate of drug-likeness (QED) is 0.863. The zero-order valence-electron chi connectivity index (χ0n) is 10.2. The molecule has 0 spiro atoms. The Hall–Kier alpha value is -2.16. The molecule has 0 amide bonds. The van der Waals surface area contributed by atoms with E-state index in [4.69, 9.17) is 5.73 Å². The van der Waals surface area contributed by atoms with Crippen molar-refractivity contribution in [1.82, 2.24) is 4.98 Å². The molecule has 1 aromatic carbocycles. The molecule has 0 aliphatic carbocycles. The Morgan fingerprint density at radius 2 is 1.76 bits per heavy atom. The number of nitrogens with zero attached hydrogens (tertiary/aromatic N) is 1. The lowest BCUT2D eigenvalue weighted by atomic mass is 10.2. The summed E-state index contributed by atoms with van der Waals surface area (Å²) >= 11 is 0. The first-order chi connectivity index (χ1) is 9.62. The van der Waals surface area contributed by atoms with Crippen LogP contribution in [0.15, 0.2) is 46.5 Å². The molecule has 0 saturated carbocycles. The Balaban J connectivity index is 2.56. The average Bonchev–Trinajstić information content (AvgIpc) is 2.37. The van der Waals surface area contributed by atoms with E-state index in [0.717, 1.165) is 12.3 Å². The maximum absolute atomic E-state index is 13.7. The maximum atomic E-state index is 13.7. The highest BCUT2D eigenvalue weighted by Gasteiger charge is 2.32. The van der Waals surface area contributed by atoms with Crippen molar-refractivity contribution in [3.63, 3.8) is 0 Å². The Bertz CT molecular complexity index is 788. The summed E-state index contributed by atoms with van der Waals surface area (Å²) in [4.78, 5) is 2.28. The monoisotopic (exact) mass is 320 g/mol. The fourth-order valence-electron chi connectivity index (χ4n) is 1.60. The van der Waals surface area contributed by atoms with Crippen LogP contribution < -0.4 is 5.73 Å². The number of nitrogen functional groups attached to an aromatic ring is 1. The summed E-state index contributed by atoms with van der Waals surface area (Å²) in [5.41, 5.74) is 4.14. The van der Waals surface area contributed by atoms with E-state index in [1.165, 1.54) is 6.20 Å². The minimum absolute atomic E-state index is 0.0309. The molecule has 112 valence electrons. The van der Waals surface area contributed by atoms with Gasteiger partial charge in [0.2, 0.25) is 9.84 Å². The molecular formula is C12H8F4N2O2S. The molecule has 4 nitrogen and oxygen atoms in total. The van der Waals surface area contributed by atoms with Gasteiger partial charge in [0.1, 0.15) is 10.7 Å². The van der Waals surface area contributed by atoms with Crippen molar-refractivity contribution in [3.05, 3.63) is 48.0 Å². The highest BCUT2D eigenvalue weighted by Crippen LogP contribution is 2.32. The number of sulfone groups is 1. The smallest absolute Gasteiger partial charge is 0.397 e. The van der Waals surface area contributed by atoms with Gasteiger partial charge in [0, 0.05) is 12.4 Å². The van der Waals surface area contributed by atoms with Gasteiger partial charge in [-0.3, -0.25) is 4.98 Å². The first-order valence-corrected chi connectivity index (χ1v) is 6.93. The van der Waals surface area contributed by atoms with Gasteiger partial charge in [-0.2, -0.15) is 13.2 Å². The normalized spacial score (nSPS) is 12.4. The predicted molar refractivity (Wildman–Crippen MR) is 65.5 cm³/mol. The van der Waals surface area contributed by atoms with Gasteiger partial charge in [-0.05, 0) is 24.3 Å². The minimum Gasteiger partial charge on any atom is -0.397 e. The van der Waals surface area contributed by atoms with E-state index in [2.05, 4.69) is 4.98 Å². The van der Waals surface area contributed by atoms with E-state index in [0.29, 0.717) is 12.1 Å². The van der Waals surface area contributed by atoms with E-state index in [9.17, 15) is 26.0 Å². The Labute approximate surface area is 117 Å². The van der Waals surface area contributed by atoms with E-state index in [1.807, 2.05) is 0 Å². The summed E-state index contributed by atoms with van der Waals surface area (Å²) < 4.78 is 75.3. The van der Waals surface area contributed by atoms with Gasteiger partial charge in [0.15, 0.2) is 0 Å². The molecule has 2 N–H and O–H groups in total. The maximum Gasteiger partial charge on any atom is 0.416 e. The first-order valence-electron chi connectivity index (χ1n) is 5.45. The summed E-state index contributed by atoms with van der Waals surface area (Å²) in [6.07, 6.45) is -2.65. The molecule has 0 radical (unpaired) electrons. The zero-order chi connectivity index (χ0) is 15.8. The average molecular weight is 320 g/mol. The number of hydrogen-bond donors (Lipinski definition) is 1. The fraction of sp³-hybridized carbons (Fsp3) is 0.0833. The van der Waals surface area contributed by atoms with Crippen LogP contribution in [0.25, 0.3) is 0 Å². The van der Waals surface area contributed by atoms with Crippen LogP contribution in [0.3, 0.4) is 0 Å². The lowest BCUT2D eigenvalue weighted by Crippen LogP contribution is -2.10. The first kappa shape index (κ1) is 15.2. The van der Waals surface area contributed by atoms with Gasteiger partial charge in [0.05, 0.1) is 16.1 Å². The molecule has 0 fully saturated rings. The molecule has 0 aliphatic rings. The van der Waals surface area contributed by atoms with E-state index >= 15 is 0 Å². The second-order valence-corrected chi connectivity index (χ2v) is 6.02. The molecule has 2 aromatic rings. The Kier molecular flexibility index (Phi) is 3.62. The van der Waals surface area contributed by atoms with Crippen LogP contribution in [0.2, 0.25) is 0 Å². The summed E-state index contributed by atoms with van der Waals surface area (Å²) in [5, 5.41) is 0. The van der Waals surface area contributed by atoms with E-state index in [-0.39, 0.29) is 11.8 Å². The standard InChI is InChI=1S/C12H8F4N2O2S/c13-10-3-7(12(14,15)16)1-2-11(10)21(19,20)9-4-8(17)5-18-6-9/h1-6H,17H2. The SMILES string of the molecule is Nc1cncc(S(=O)(=O)c2ccc(C(F)(F)F)cc2F)c1. The number of hydrogen-bond acceptors (Lipinski definition) is 4. The number of pyridine rings is 1. The summed E-state index contributed by atoms with van der Waals surface area (Å²) in [6.45, 7) is 0. The molecule has 0 unspecified atom stereocenters. The van der Waals surface area contributed by atoms with Crippen molar-refractivity contribution in [1.29, 1.82) is 0 Å². The molecule has 1 aromatic heterocycles. The molecule has 0 aliphatic heterocycles. The predicted octanol–water partition coefficient (Wildman–Crippen LogP) is 2.65. The fourth-order valence-corrected chi connectivity index (χ4v) is 2.91. The van der Waals surface area contributed by atoms with Gasteiger partial charge in [-0.25, -0.2) is 12.8 Å². The van der Waals surface area contributed by atoms with Crippen LogP contribution in [0, 0.1) is 5.82 Å². The van der Waals surface area contributed by atoms with Crippen LogP contribution in [-0.4, -0.2) is 13.4 Å². The topological polar surface area (TPSA) is 73.0 Å². The lowest BCUT2D eigenvalue weighted by molar-refractivity contribution is -0.137. The van der Waals surface area contributed by atoms with Crippen molar-refractivity contribution in [2.45, 2.75) is 16.0 Å². The van der Waals surface area contributed by atoms with Crippen LogP contribution in [-0.2, 0) is 16.0 Å². The summed E-state index contributed by atoms with van der Waals surface area (Å²) in [6, 6.07) is 2.23. The molecule has 1 heterocycles. The summed E-state index contributed by atoms with van der Waals surface area (Å²) in [7, 11) is -4.34.